The van der Waals surface area contributed by atoms with E-state index in [0.29, 0.717) is 6.41 Å². The summed E-state index contributed by atoms with van der Waals surface area (Å²) in [7, 11) is 0. The first-order chi connectivity index (χ1) is 6.57. The van der Waals surface area contributed by atoms with Crippen LogP contribution >= 0.6 is 23.2 Å². The second kappa shape index (κ2) is 4.30. The number of carbonyl (C=O) groups is 2. The molecule has 4 nitrogen and oxygen atoms in total. The molecule has 0 atom stereocenters. The van der Waals surface area contributed by atoms with E-state index in [-0.39, 0.29) is 21.3 Å². The van der Waals surface area contributed by atoms with Gasteiger partial charge < -0.3 is 10.4 Å². The number of benzene rings is 1. The van der Waals surface area contributed by atoms with Crippen LogP contribution in [0.4, 0.5) is 5.69 Å². The van der Waals surface area contributed by atoms with Crippen LogP contribution in [0.25, 0.3) is 0 Å². The van der Waals surface area contributed by atoms with Gasteiger partial charge >= 0.3 is 5.97 Å². The average Bonchev–Trinajstić information content (AvgIpc) is 2.10. The van der Waals surface area contributed by atoms with Crippen LogP contribution in [-0.4, -0.2) is 17.5 Å². The maximum absolute atomic E-state index is 10.7. The maximum atomic E-state index is 10.7. The highest BCUT2D eigenvalue weighted by atomic mass is 35.5. The van der Waals surface area contributed by atoms with E-state index in [1.165, 1.54) is 12.1 Å². The molecule has 0 aliphatic carbocycles. The van der Waals surface area contributed by atoms with Crippen molar-refractivity contribution in [2.45, 2.75) is 0 Å². The monoisotopic (exact) mass is 233 g/mol. The predicted molar refractivity (Wildman–Crippen MR) is 53.1 cm³/mol. The fourth-order valence-corrected chi connectivity index (χ4v) is 1.51. The molecule has 0 aromatic heterocycles. The summed E-state index contributed by atoms with van der Waals surface area (Å²) in [4.78, 5) is 20.9. The molecule has 0 radical (unpaired) electrons. The van der Waals surface area contributed by atoms with E-state index >= 15 is 0 Å². The summed E-state index contributed by atoms with van der Waals surface area (Å²) >= 11 is 11.3. The third-order valence-corrected chi connectivity index (χ3v) is 2.23. The van der Waals surface area contributed by atoms with Gasteiger partial charge in [0.25, 0.3) is 0 Å². The fraction of sp³-hybridized carbons (Fsp3) is 0. The molecule has 74 valence electrons. The molecule has 0 aliphatic rings. The topological polar surface area (TPSA) is 66.4 Å². The fourth-order valence-electron chi connectivity index (χ4n) is 0.923. The summed E-state index contributed by atoms with van der Waals surface area (Å²) in [6, 6.07) is 2.77. The lowest BCUT2D eigenvalue weighted by Crippen LogP contribution is -2.02. The molecule has 0 bridgehead atoms. The molecule has 0 heterocycles. The minimum absolute atomic E-state index is 0.0268. The molecule has 2 N–H and O–H groups in total. The standard InChI is InChI=1S/C8H5Cl2NO3/c9-4-1-2-5(11-3-12)7(10)6(4)8(13)14/h1-3H,(H,11,12)(H,13,14). The lowest BCUT2D eigenvalue weighted by molar-refractivity contribution is -0.105. The summed E-state index contributed by atoms with van der Waals surface area (Å²) in [5.41, 5.74) is -0.0105. The van der Waals surface area contributed by atoms with Gasteiger partial charge in [-0.05, 0) is 12.1 Å². The first-order valence-electron chi connectivity index (χ1n) is 3.49. The van der Waals surface area contributed by atoms with E-state index < -0.39 is 5.97 Å². The van der Waals surface area contributed by atoms with Gasteiger partial charge in [-0.1, -0.05) is 23.2 Å². The Labute approximate surface area is 89.4 Å². The quantitative estimate of drug-likeness (QED) is 0.788. The highest BCUT2D eigenvalue weighted by Gasteiger charge is 2.16. The predicted octanol–water partition coefficient (Wildman–Crippen LogP) is 2.26. The molecular weight excluding hydrogens is 229 g/mol. The number of amides is 1. The SMILES string of the molecule is O=CNc1ccc(Cl)c(C(=O)O)c1Cl. The van der Waals surface area contributed by atoms with Crippen molar-refractivity contribution in [3.63, 3.8) is 0 Å². The van der Waals surface area contributed by atoms with Gasteiger partial charge in [-0.2, -0.15) is 0 Å². The molecule has 14 heavy (non-hydrogen) atoms. The van der Waals surface area contributed by atoms with Gasteiger partial charge in [0.15, 0.2) is 0 Å². The normalized spacial score (nSPS) is 9.57. The van der Waals surface area contributed by atoms with Crippen molar-refractivity contribution in [1.29, 1.82) is 0 Å². The Bertz CT molecular complexity index is 392. The first-order valence-corrected chi connectivity index (χ1v) is 4.25. The van der Waals surface area contributed by atoms with E-state index in [4.69, 9.17) is 28.3 Å². The Morgan fingerprint density at radius 1 is 1.43 bits per heavy atom. The number of rotatable bonds is 3. The van der Waals surface area contributed by atoms with Gasteiger partial charge in [0, 0.05) is 0 Å². The number of aromatic carboxylic acids is 1. The van der Waals surface area contributed by atoms with Crippen LogP contribution < -0.4 is 5.32 Å². The Kier molecular flexibility index (Phi) is 3.33. The molecule has 1 aromatic rings. The van der Waals surface area contributed by atoms with E-state index in [1.807, 2.05) is 0 Å². The number of anilines is 1. The molecule has 0 saturated heterocycles. The van der Waals surface area contributed by atoms with Crippen molar-refractivity contribution < 1.29 is 14.7 Å². The third kappa shape index (κ3) is 1.97. The smallest absolute Gasteiger partial charge is 0.338 e. The first kappa shape index (κ1) is 10.8. The van der Waals surface area contributed by atoms with Gasteiger partial charge in [0.2, 0.25) is 6.41 Å². The summed E-state index contributed by atoms with van der Waals surface area (Å²) in [5.74, 6) is -1.24. The lowest BCUT2D eigenvalue weighted by atomic mass is 10.2. The number of carbonyl (C=O) groups excluding carboxylic acids is 1. The third-order valence-electron chi connectivity index (χ3n) is 1.52. The molecule has 0 spiro atoms. The maximum Gasteiger partial charge on any atom is 0.338 e. The number of hydrogen-bond donors (Lipinski definition) is 2. The molecule has 0 unspecified atom stereocenters. The number of carboxylic acid groups (broad SMARTS) is 1. The summed E-state index contributed by atoms with van der Waals surface area (Å²) in [6.45, 7) is 0. The Morgan fingerprint density at radius 2 is 2.07 bits per heavy atom. The molecule has 0 aliphatic heterocycles. The Morgan fingerprint density at radius 3 is 2.57 bits per heavy atom. The van der Waals surface area contributed by atoms with E-state index in [2.05, 4.69) is 5.32 Å². The summed E-state index contributed by atoms with van der Waals surface area (Å²) in [5, 5.41) is 11.0. The second-order valence-electron chi connectivity index (χ2n) is 2.35. The van der Waals surface area contributed by atoms with Crippen molar-refractivity contribution in [3.8, 4) is 0 Å². The zero-order valence-electron chi connectivity index (χ0n) is 6.75. The summed E-state index contributed by atoms with van der Waals surface area (Å²) < 4.78 is 0. The highest BCUT2D eigenvalue weighted by Crippen LogP contribution is 2.31. The highest BCUT2D eigenvalue weighted by molar-refractivity contribution is 6.41. The zero-order valence-corrected chi connectivity index (χ0v) is 8.26. The minimum Gasteiger partial charge on any atom is -0.478 e. The van der Waals surface area contributed by atoms with Gasteiger partial charge in [-0.15, -0.1) is 0 Å². The molecular formula is C8H5Cl2NO3. The Hall–Kier alpha value is -1.26. The molecule has 1 aromatic carbocycles. The van der Waals surface area contributed by atoms with E-state index in [1.54, 1.807) is 0 Å². The van der Waals surface area contributed by atoms with Crippen LogP contribution in [0.1, 0.15) is 10.4 Å². The molecule has 1 rings (SSSR count). The van der Waals surface area contributed by atoms with Gasteiger partial charge in [-0.25, -0.2) is 4.79 Å². The van der Waals surface area contributed by atoms with Crippen LogP contribution in [0.15, 0.2) is 12.1 Å². The minimum atomic E-state index is -1.24. The van der Waals surface area contributed by atoms with Crippen LogP contribution in [0.2, 0.25) is 10.0 Å². The van der Waals surface area contributed by atoms with Crippen molar-refractivity contribution >= 4 is 41.3 Å². The number of carboxylic acids is 1. The molecule has 6 heteroatoms. The van der Waals surface area contributed by atoms with Crippen molar-refractivity contribution in [2.75, 3.05) is 5.32 Å². The van der Waals surface area contributed by atoms with Gasteiger partial charge in [0.1, 0.15) is 0 Å². The number of nitrogens with one attached hydrogen (secondary N) is 1. The second-order valence-corrected chi connectivity index (χ2v) is 3.14. The van der Waals surface area contributed by atoms with E-state index in [0.717, 1.165) is 0 Å². The zero-order chi connectivity index (χ0) is 10.7. The largest absolute Gasteiger partial charge is 0.478 e. The van der Waals surface area contributed by atoms with Crippen molar-refractivity contribution in [3.05, 3.63) is 27.7 Å². The molecule has 0 saturated carbocycles. The molecule has 0 fully saturated rings. The number of hydrogen-bond acceptors (Lipinski definition) is 2. The van der Waals surface area contributed by atoms with E-state index in [9.17, 15) is 9.59 Å². The summed E-state index contributed by atoms with van der Waals surface area (Å²) in [6.07, 6.45) is 0.404. The number of halogens is 2. The van der Waals surface area contributed by atoms with Crippen LogP contribution in [0.3, 0.4) is 0 Å². The lowest BCUT2D eigenvalue weighted by Gasteiger charge is -2.06. The Balaban J connectivity index is 3.32. The van der Waals surface area contributed by atoms with Gasteiger partial charge in [0.05, 0.1) is 21.3 Å². The van der Waals surface area contributed by atoms with Gasteiger partial charge in [-0.3, -0.25) is 4.79 Å². The average molecular weight is 234 g/mol. The van der Waals surface area contributed by atoms with Crippen LogP contribution in [0, 0.1) is 0 Å². The molecule has 1 amide bonds. The van der Waals surface area contributed by atoms with Crippen molar-refractivity contribution in [1.82, 2.24) is 0 Å². The van der Waals surface area contributed by atoms with Crippen molar-refractivity contribution in [2.24, 2.45) is 0 Å². The van der Waals surface area contributed by atoms with Crippen LogP contribution in [-0.2, 0) is 4.79 Å². The van der Waals surface area contributed by atoms with Crippen LogP contribution in [0.5, 0.6) is 0 Å².